The first-order chi connectivity index (χ1) is 7.41. The molecule has 1 aliphatic rings. The van der Waals surface area contributed by atoms with E-state index in [9.17, 15) is 8.78 Å². The largest absolute Gasteiger partial charge is 0.376 e. The average molecular weight is 230 g/mol. The van der Waals surface area contributed by atoms with Crippen LogP contribution in [0.2, 0.25) is 0 Å². The van der Waals surface area contributed by atoms with Crippen molar-refractivity contribution in [3.05, 3.63) is 17.0 Å². The van der Waals surface area contributed by atoms with Gasteiger partial charge in [-0.15, -0.1) is 0 Å². The molecule has 0 amide bonds. The van der Waals surface area contributed by atoms with Gasteiger partial charge in [0.2, 0.25) is 0 Å². The van der Waals surface area contributed by atoms with Gasteiger partial charge in [-0.3, -0.25) is 4.68 Å². The van der Waals surface area contributed by atoms with Crippen LogP contribution >= 0.6 is 0 Å². The van der Waals surface area contributed by atoms with E-state index >= 15 is 0 Å². The molecule has 5 heteroatoms. The van der Waals surface area contributed by atoms with E-state index in [0.717, 1.165) is 12.6 Å². The SMILES string of the molecule is CC(C)n1nc(C(C)(F)F)c2c1CCOC2. The number of fused-ring (bicyclic) bond motifs is 1. The molecule has 0 unspecified atom stereocenters. The number of halogens is 2. The topological polar surface area (TPSA) is 27.1 Å². The Kier molecular flexibility index (Phi) is 2.74. The van der Waals surface area contributed by atoms with Crippen molar-refractivity contribution in [3.8, 4) is 0 Å². The summed E-state index contributed by atoms with van der Waals surface area (Å²) < 4.78 is 33.7. The monoisotopic (exact) mass is 230 g/mol. The van der Waals surface area contributed by atoms with Gasteiger partial charge in [0.05, 0.1) is 13.2 Å². The van der Waals surface area contributed by atoms with Gasteiger partial charge in [0.1, 0.15) is 5.69 Å². The normalized spacial score (nSPS) is 16.6. The summed E-state index contributed by atoms with van der Waals surface area (Å²) in [5.74, 6) is -2.90. The lowest BCUT2D eigenvalue weighted by atomic mass is 10.1. The third-order valence-electron chi connectivity index (χ3n) is 2.75. The lowest BCUT2D eigenvalue weighted by Crippen LogP contribution is -2.16. The second kappa shape index (κ2) is 3.80. The van der Waals surface area contributed by atoms with E-state index in [2.05, 4.69) is 5.10 Å². The summed E-state index contributed by atoms with van der Waals surface area (Å²) in [5.41, 5.74) is 1.35. The maximum absolute atomic E-state index is 13.4. The minimum Gasteiger partial charge on any atom is -0.376 e. The summed E-state index contributed by atoms with van der Waals surface area (Å²) in [7, 11) is 0. The minimum absolute atomic E-state index is 0.1000. The molecule has 0 atom stereocenters. The van der Waals surface area contributed by atoms with Crippen molar-refractivity contribution in [2.24, 2.45) is 0 Å². The van der Waals surface area contributed by atoms with Crippen LogP contribution in [0.15, 0.2) is 0 Å². The highest BCUT2D eigenvalue weighted by atomic mass is 19.3. The Morgan fingerprint density at radius 3 is 2.69 bits per heavy atom. The van der Waals surface area contributed by atoms with E-state index in [1.54, 1.807) is 4.68 Å². The van der Waals surface area contributed by atoms with E-state index in [0.29, 0.717) is 18.6 Å². The van der Waals surface area contributed by atoms with Crippen molar-refractivity contribution >= 4 is 0 Å². The molecule has 16 heavy (non-hydrogen) atoms. The fraction of sp³-hybridized carbons (Fsp3) is 0.727. The zero-order valence-electron chi connectivity index (χ0n) is 9.76. The zero-order chi connectivity index (χ0) is 11.9. The van der Waals surface area contributed by atoms with Gasteiger partial charge in [-0.2, -0.15) is 13.9 Å². The fourth-order valence-electron chi connectivity index (χ4n) is 2.04. The van der Waals surface area contributed by atoms with Crippen LogP contribution in [-0.4, -0.2) is 16.4 Å². The molecule has 2 rings (SSSR count). The quantitative estimate of drug-likeness (QED) is 0.781. The second-order valence-corrected chi connectivity index (χ2v) is 4.50. The summed E-state index contributed by atoms with van der Waals surface area (Å²) in [6, 6.07) is 0.1000. The molecule has 0 spiro atoms. The predicted octanol–water partition coefficient (Wildman–Crippen LogP) is 2.65. The van der Waals surface area contributed by atoms with E-state index in [1.165, 1.54) is 0 Å². The van der Waals surface area contributed by atoms with E-state index in [-0.39, 0.29) is 18.3 Å². The molecule has 90 valence electrons. The summed E-state index contributed by atoms with van der Waals surface area (Å²) in [6.07, 6.45) is 0.663. The van der Waals surface area contributed by atoms with Gasteiger partial charge in [0.15, 0.2) is 0 Å². The van der Waals surface area contributed by atoms with Crippen LogP contribution in [0.3, 0.4) is 0 Å². The molecule has 0 bridgehead atoms. The Morgan fingerprint density at radius 2 is 2.12 bits per heavy atom. The molecule has 0 saturated carbocycles. The van der Waals surface area contributed by atoms with E-state index in [4.69, 9.17) is 4.74 Å². The van der Waals surface area contributed by atoms with Gasteiger partial charge in [-0.1, -0.05) is 0 Å². The second-order valence-electron chi connectivity index (χ2n) is 4.50. The molecule has 1 aromatic heterocycles. The van der Waals surface area contributed by atoms with Crippen LogP contribution in [0.5, 0.6) is 0 Å². The number of alkyl halides is 2. The minimum atomic E-state index is -2.90. The summed E-state index contributed by atoms with van der Waals surface area (Å²) >= 11 is 0. The van der Waals surface area contributed by atoms with Crippen LogP contribution in [0, 0.1) is 0 Å². The maximum atomic E-state index is 13.4. The van der Waals surface area contributed by atoms with E-state index < -0.39 is 5.92 Å². The molecule has 0 radical (unpaired) electrons. The van der Waals surface area contributed by atoms with E-state index in [1.807, 2.05) is 13.8 Å². The number of rotatable bonds is 2. The van der Waals surface area contributed by atoms with Crippen LogP contribution in [-0.2, 0) is 23.7 Å². The highest BCUT2D eigenvalue weighted by molar-refractivity contribution is 5.30. The van der Waals surface area contributed by atoms with Crippen molar-refractivity contribution < 1.29 is 13.5 Å². The summed E-state index contributed by atoms with van der Waals surface area (Å²) in [6.45, 7) is 5.61. The van der Waals surface area contributed by atoms with Gasteiger partial charge >= 0.3 is 0 Å². The molecule has 0 aliphatic carbocycles. The maximum Gasteiger partial charge on any atom is 0.289 e. The zero-order valence-corrected chi connectivity index (χ0v) is 9.76. The van der Waals surface area contributed by atoms with Gasteiger partial charge in [-0.05, 0) is 13.8 Å². The Bertz CT molecular complexity index is 393. The van der Waals surface area contributed by atoms with Crippen molar-refractivity contribution in [2.75, 3.05) is 6.61 Å². The molecular weight excluding hydrogens is 214 g/mol. The molecule has 1 aromatic rings. The predicted molar refractivity (Wildman–Crippen MR) is 55.5 cm³/mol. The third kappa shape index (κ3) is 1.84. The van der Waals surface area contributed by atoms with Gasteiger partial charge in [0, 0.05) is 30.6 Å². The number of aromatic nitrogens is 2. The first-order valence-electron chi connectivity index (χ1n) is 5.47. The van der Waals surface area contributed by atoms with Crippen LogP contribution < -0.4 is 0 Å². The molecule has 0 aromatic carbocycles. The number of nitrogens with zero attached hydrogens (tertiary/aromatic N) is 2. The van der Waals surface area contributed by atoms with Crippen LogP contribution in [0.25, 0.3) is 0 Å². The van der Waals surface area contributed by atoms with Crippen molar-refractivity contribution in [1.82, 2.24) is 9.78 Å². The molecule has 1 aliphatic heterocycles. The summed E-state index contributed by atoms with van der Waals surface area (Å²) in [4.78, 5) is 0. The molecule has 0 N–H and O–H groups in total. The molecule has 2 heterocycles. The number of hydrogen-bond acceptors (Lipinski definition) is 2. The van der Waals surface area contributed by atoms with Crippen molar-refractivity contribution in [2.45, 2.75) is 45.8 Å². The fourth-order valence-corrected chi connectivity index (χ4v) is 2.04. The van der Waals surface area contributed by atoms with Crippen molar-refractivity contribution in [1.29, 1.82) is 0 Å². The lowest BCUT2D eigenvalue weighted by molar-refractivity contribution is 0.00826. The Hall–Kier alpha value is -0.970. The highest BCUT2D eigenvalue weighted by Gasteiger charge is 2.35. The first kappa shape index (κ1) is 11.5. The van der Waals surface area contributed by atoms with Crippen LogP contribution in [0.1, 0.15) is 43.8 Å². The van der Waals surface area contributed by atoms with Gasteiger partial charge in [0.25, 0.3) is 5.92 Å². The Balaban J connectivity index is 2.55. The summed E-state index contributed by atoms with van der Waals surface area (Å²) in [5, 5.41) is 4.05. The lowest BCUT2D eigenvalue weighted by Gasteiger charge is -2.17. The average Bonchev–Trinajstić information content (AvgIpc) is 2.56. The smallest absolute Gasteiger partial charge is 0.289 e. The highest BCUT2D eigenvalue weighted by Crippen LogP contribution is 2.33. The molecule has 0 saturated heterocycles. The van der Waals surface area contributed by atoms with Gasteiger partial charge < -0.3 is 4.74 Å². The molecule has 3 nitrogen and oxygen atoms in total. The number of ether oxygens (including phenoxy) is 1. The Morgan fingerprint density at radius 1 is 1.44 bits per heavy atom. The standard InChI is InChI=1S/C11H16F2N2O/c1-7(2)15-9-4-5-16-6-8(9)10(14-15)11(3,12)13/h7H,4-6H2,1-3H3. The van der Waals surface area contributed by atoms with Crippen LogP contribution in [0.4, 0.5) is 8.78 Å². The molecule has 0 fully saturated rings. The Labute approximate surface area is 93.4 Å². The number of hydrogen-bond donors (Lipinski definition) is 0. The third-order valence-corrected chi connectivity index (χ3v) is 2.75. The first-order valence-corrected chi connectivity index (χ1v) is 5.47. The molecular formula is C11H16F2N2O. The van der Waals surface area contributed by atoms with Gasteiger partial charge in [-0.25, -0.2) is 0 Å². The van der Waals surface area contributed by atoms with Crippen molar-refractivity contribution in [3.63, 3.8) is 0 Å².